The number of nitrogens with zero attached hydrogens (tertiary/aromatic N) is 1. The van der Waals surface area contributed by atoms with Gasteiger partial charge in [-0.3, -0.25) is 0 Å². The van der Waals surface area contributed by atoms with Crippen molar-refractivity contribution in [2.75, 3.05) is 13.7 Å². The van der Waals surface area contributed by atoms with Gasteiger partial charge in [0, 0.05) is 0 Å². The Hall–Kier alpha value is -2.44. The third-order valence-corrected chi connectivity index (χ3v) is 3.75. The van der Waals surface area contributed by atoms with E-state index in [-0.39, 0.29) is 11.5 Å². The van der Waals surface area contributed by atoms with Crippen LogP contribution in [-0.4, -0.2) is 82.1 Å². The van der Waals surface area contributed by atoms with Crippen molar-refractivity contribution in [1.29, 1.82) is 0 Å². The highest BCUT2D eigenvalue weighted by Crippen LogP contribution is 2.25. The summed E-state index contributed by atoms with van der Waals surface area (Å²) in [6, 6.07) is 3.58. The number of aliphatic hydroxyl groups excluding tert-OH is 4. The molecule has 11 heteroatoms. The number of phenols is 1. The molecule has 0 spiro atoms. The van der Waals surface area contributed by atoms with Crippen LogP contribution in [0.1, 0.15) is 5.56 Å². The van der Waals surface area contributed by atoms with Gasteiger partial charge < -0.3 is 40.3 Å². The van der Waals surface area contributed by atoms with E-state index in [0.29, 0.717) is 5.56 Å². The van der Waals surface area contributed by atoms with E-state index in [0.717, 1.165) is 0 Å². The third-order valence-electron chi connectivity index (χ3n) is 3.75. The Morgan fingerprint density at radius 3 is 2.69 bits per heavy atom. The summed E-state index contributed by atoms with van der Waals surface area (Å²) < 4.78 is 10.1. The first-order valence-electron chi connectivity index (χ1n) is 7.64. The fraction of sp³-hybridized carbons (Fsp3) is 0.467. The predicted octanol–water partition coefficient (Wildman–Crippen LogP) is -2.17. The van der Waals surface area contributed by atoms with Gasteiger partial charge in [0.15, 0.2) is 17.7 Å². The number of urea groups is 1. The number of hydrogen-bond donors (Lipinski definition) is 7. The standard InChI is InChI=1S/C15H21N3O8/c1-25-9-4-7(2-3-8(9)20)5-16-18-15(24)17-14-13(23)12(22)11(21)10(6-19)26-14/h2-5,10-14,19-23H,6H2,1H3,(H2,17,18,24)/t10-,11+,12-,13-,14-/m0/s1. The molecule has 2 rings (SSSR count). The van der Waals surface area contributed by atoms with Crippen LogP contribution >= 0.6 is 0 Å². The van der Waals surface area contributed by atoms with Gasteiger partial charge in [0.05, 0.1) is 19.9 Å². The highest BCUT2D eigenvalue weighted by molar-refractivity contribution is 5.82. The molecular weight excluding hydrogens is 350 g/mol. The molecule has 0 radical (unpaired) electrons. The van der Waals surface area contributed by atoms with Crippen LogP contribution in [0.3, 0.4) is 0 Å². The van der Waals surface area contributed by atoms with E-state index < -0.39 is 43.3 Å². The number of nitrogens with one attached hydrogen (secondary N) is 2. The first kappa shape index (κ1) is 19.9. The number of carbonyl (C=O) groups is 1. The van der Waals surface area contributed by atoms with Crippen molar-refractivity contribution < 1.29 is 39.8 Å². The Kier molecular flexibility index (Phi) is 6.71. The van der Waals surface area contributed by atoms with Crippen LogP contribution in [0.5, 0.6) is 11.5 Å². The van der Waals surface area contributed by atoms with Crippen LogP contribution in [0.2, 0.25) is 0 Å². The average molecular weight is 371 g/mol. The highest BCUT2D eigenvalue weighted by Gasteiger charge is 2.43. The van der Waals surface area contributed by atoms with Gasteiger partial charge in [0.1, 0.15) is 24.4 Å². The Balaban J connectivity index is 1.92. The van der Waals surface area contributed by atoms with Gasteiger partial charge >= 0.3 is 6.03 Å². The maximum absolute atomic E-state index is 11.8. The normalized spacial score (nSPS) is 28.7. The number of amides is 2. The van der Waals surface area contributed by atoms with Gasteiger partial charge in [-0.2, -0.15) is 5.10 Å². The maximum atomic E-state index is 11.8. The van der Waals surface area contributed by atoms with Crippen molar-refractivity contribution in [1.82, 2.24) is 10.7 Å². The molecule has 0 bridgehead atoms. The van der Waals surface area contributed by atoms with E-state index in [9.17, 15) is 25.2 Å². The van der Waals surface area contributed by atoms with E-state index in [2.05, 4.69) is 15.8 Å². The molecule has 1 aromatic rings. The molecule has 144 valence electrons. The largest absolute Gasteiger partial charge is 0.504 e. The Labute approximate surface area is 148 Å². The number of aliphatic hydroxyl groups is 4. The SMILES string of the molecule is COc1cc(C=NNC(=O)N[C@H]2O[C@@H](CO)[C@@H](O)[C@H](O)[C@@H]2O)ccc1O. The number of methoxy groups -OCH3 is 1. The lowest BCUT2D eigenvalue weighted by atomic mass is 9.98. The fourth-order valence-electron chi connectivity index (χ4n) is 2.32. The summed E-state index contributed by atoms with van der Waals surface area (Å²) in [7, 11) is 1.39. The summed E-state index contributed by atoms with van der Waals surface area (Å²) >= 11 is 0. The summed E-state index contributed by atoms with van der Waals surface area (Å²) in [4.78, 5) is 11.8. The second kappa shape index (κ2) is 8.78. The van der Waals surface area contributed by atoms with Crippen molar-refractivity contribution in [3.05, 3.63) is 23.8 Å². The molecule has 0 saturated carbocycles. The number of hydrazone groups is 1. The van der Waals surface area contributed by atoms with Gasteiger partial charge in [-0.1, -0.05) is 0 Å². The summed E-state index contributed by atoms with van der Waals surface area (Å²) in [6.45, 7) is -0.606. The van der Waals surface area contributed by atoms with Crippen LogP contribution in [0.4, 0.5) is 4.79 Å². The van der Waals surface area contributed by atoms with Crippen LogP contribution < -0.4 is 15.5 Å². The number of benzene rings is 1. The second-order valence-electron chi connectivity index (χ2n) is 5.52. The monoisotopic (exact) mass is 371 g/mol. The molecule has 0 unspecified atom stereocenters. The second-order valence-corrected chi connectivity index (χ2v) is 5.52. The summed E-state index contributed by atoms with van der Waals surface area (Å²) in [5.74, 6) is 0.192. The molecule has 1 saturated heterocycles. The molecule has 1 aromatic carbocycles. The summed E-state index contributed by atoms with van der Waals surface area (Å²) in [6.07, 6.45) is -5.91. The zero-order valence-electron chi connectivity index (χ0n) is 13.8. The Bertz CT molecular complexity index is 654. The van der Waals surface area contributed by atoms with Crippen LogP contribution in [-0.2, 0) is 4.74 Å². The lowest BCUT2D eigenvalue weighted by Crippen LogP contribution is -2.63. The minimum absolute atomic E-state index is 0.0435. The molecule has 0 aliphatic carbocycles. The van der Waals surface area contributed by atoms with Gasteiger partial charge in [0.2, 0.25) is 0 Å². The van der Waals surface area contributed by atoms with Gasteiger partial charge in [-0.15, -0.1) is 0 Å². The fourth-order valence-corrected chi connectivity index (χ4v) is 2.32. The number of carbonyl (C=O) groups excluding carboxylic acids is 1. The number of aromatic hydroxyl groups is 1. The van der Waals surface area contributed by atoms with Crippen molar-refractivity contribution in [3.63, 3.8) is 0 Å². The van der Waals surface area contributed by atoms with Crippen molar-refractivity contribution >= 4 is 12.2 Å². The number of hydrogen-bond acceptors (Lipinski definition) is 9. The molecule has 1 fully saturated rings. The van der Waals surface area contributed by atoms with Crippen LogP contribution in [0, 0.1) is 0 Å². The molecule has 5 atom stereocenters. The lowest BCUT2D eigenvalue weighted by molar-refractivity contribution is -0.233. The topological polar surface area (TPSA) is 173 Å². The maximum Gasteiger partial charge on any atom is 0.337 e. The predicted molar refractivity (Wildman–Crippen MR) is 87.7 cm³/mol. The molecular formula is C15H21N3O8. The van der Waals surface area contributed by atoms with Crippen molar-refractivity contribution in [2.45, 2.75) is 30.6 Å². The molecule has 2 amide bonds. The number of phenolic OH excluding ortho intramolecular Hbond substituents is 1. The highest BCUT2D eigenvalue weighted by atomic mass is 16.6. The van der Waals surface area contributed by atoms with Gasteiger partial charge in [0.25, 0.3) is 0 Å². The van der Waals surface area contributed by atoms with E-state index in [1.165, 1.54) is 25.5 Å². The molecule has 1 aliphatic heterocycles. The van der Waals surface area contributed by atoms with E-state index in [1.54, 1.807) is 6.07 Å². The van der Waals surface area contributed by atoms with Crippen LogP contribution in [0.15, 0.2) is 23.3 Å². The molecule has 26 heavy (non-hydrogen) atoms. The third kappa shape index (κ3) is 4.59. The Morgan fingerprint density at radius 2 is 2.04 bits per heavy atom. The average Bonchev–Trinajstić information content (AvgIpc) is 2.63. The number of rotatable bonds is 5. The van der Waals surface area contributed by atoms with Crippen molar-refractivity contribution in [3.8, 4) is 11.5 Å². The number of ether oxygens (including phenoxy) is 2. The molecule has 11 nitrogen and oxygen atoms in total. The van der Waals surface area contributed by atoms with Crippen LogP contribution in [0.25, 0.3) is 0 Å². The minimum atomic E-state index is -1.60. The summed E-state index contributed by atoms with van der Waals surface area (Å²) in [5.41, 5.74) is 2.66. The molecule has 1 aliphatic rings. The first-order valence-corrected chi connectivity index (χ1v) is 7.64. The van der Waals surface area contributed by atoms with E-state index in [1.807, 2.05) is 0 Å². The molecule has 0 aromatic heterocycles. The smallest absolute Gasteiger partial charge is 0.337 e. The first-order chi connectivity index (χ1) is 12.4. The minimum Gasteiger partial charge on any atom is -0.504 e. The van der Waals surface area contributed by atoms with Gasteiger partial charge in [-0.05, 0) is 23.8 Å². The summed E-state index contributed by atoms with van der Waals surface area (Å²) in [5, 5.41) is 53.6. The molecule has 7 N–H and O–H groups in total. The molecule has 1 heterocycles. The zero-order chi connectivity index (χ0) is 19.3. The lowest BCUT2D eigenvalue weighted by Gasteiger charge is -2.39. The Morgan fingerprint density at radius 1 is 1.31 bits per heavy atom. The van der Waals surface area contributed by atoms with E-state index in [4.69, 9.17) is 14.6 Å². The zero-order valence-corrected chi connectivity index (χ0v) is 13.8. The quantitative estimate of drug-likeness (QED) is 0.226. The van der Waals surface area contributed by atoms with Crippen molar-refractivity contribution in [2.24, 2.45) is 5.10 Å². The van der Waals surface area contributed by atoms with Gasteiger partial charge in [-0.25, -0.2) is 10.2 Å². The van der Waals surface area contributed by atoms with E-state index >= 15 is 0 Å².